The number of hydrogen-bond donors (Lipinski definition) is 0. The zero-order valence-corrected chi connectivity index (χ0v) is 12.6. The Labute approximate surface area is 119 Å². The standard InChI is InChI=1S/C16H22N2O2/c1-5-7-15-17-13-9-8-12(16(19)20-6-2)10-14(13)18(15)11(3)4/h8-11H,5-7H2,1-4H3. The molecular formula is C16H22N2O2. The Morgan fingerprint density at radius 3 is 2.70 bits per heavy atom. The molecule has 0 unspecified atom stereocenters. The van der Waals surface area contributed by atoms with E-state index in [9.17, 15) is 4.79 Å². The van der Waals surface area contributed by atoms with Gasteiger partial charge in [0.25, 0.3) is 0 Å². The molecule has 1 aromatic heterocycles. The second-order valence-corrected chi connectivity index (χ2v) is 5.17. The lowest BCUT2D eigenvalue weighted by molar-refractivity contribution is 0.0526. The van der Waals surface area contributed by atoms with Crippen molar-refractivity contribution in [2.75, 3.05) is 6.61 Å². The smallest absolute Gasteiger partial charge is 0.338 e. The third-order valence-corrected chi connectivity index (χ3v) is 3.26. The minimum absolute atomic E-state index is 0.275. The number of nitrogens with zero attached hydrogens (tertiary/aromatic N) is 2. The lowest BCUT2D eigenvalue weighted by Crippen LogP contribution is -2.07. The number of aryl methyl sites for hydroxylation is 1. The molecule has 0 bridgehead atoms. The molecule has 4 nitrogen and oxygen atoms in total. The highest BCUT2D eigenvalue weighted by Crippen LogP contribution is 2.23. The van der Waals surface area contributed by atoms with Gasteiger partial charge in [-0.2, -0.15) is 0 Å². The lowest BCUT2D eigenvalue weighted by Gasteiger charge is -2.13. The predicted octanol–water partition coefficient (Wildman–Crippen LogP) is 3.75. The Morgan fingerprint density at radius 2 is 2.10 bits per heavy atom. The fraction of sp³-hybridized carbons (Fsp3) is 0.500. The van der Waals surface area contributed by atoms with E-state index in [0.717, 1.165) is 29.7 Å². The van der Waals surface area contributed by atoms with Crippen molar-refractivity contribution in [3.8, 4) is 0 Å². The van der Waals surface area contributed by atoms with Gasteiger partial charge in [0, 0.05) is 12.5 Å². The highest BCUT2D eigenvalue weighted by molar-refractivity contribution is 5.93. The average molecular weight is 274 g/mol. The Balaban J connectivity index is 2.54. The van der Waals surface area contributed by atoms with Gasteiger partial charge in [0.05, 0.1) is 23.2 Å². The number of aromatic nitrogens is 2. The van der Waals surface area contributed by atoms with E-state index in [2.05, 4.69) is 30.3 Å². The van der Waals surface area contributed by atoms with Crippen molar-refractivity contribution in [2.24, 2.45) is 0 Å². The van der Waals surface area contributed by atoms with Crippen LogP contribution in [0.4, 0.5) is 0 Å². The summed E-state index contributed by atoms with van der Waals surface area (Å²) in [5.74, 6) is 0.807. The van der Waals surface area contributed by atoms with Crippen LogP contribution < -0.4 is 0 Å². The first-order chi connectivity index (χ1) is 9.58. The first-order valence-corrected chi connectivity index (χ1v) is 7.26. The van der Waals surface area contributed by atoms with Crippen LogP contribution in [0.2, 0.25) is 0 Å². The van der Waals surface area contributed by atoms with Crippen molar-refractivity contribution in [2.45, 2.75) is 46.6 Å². The van der Waals surface area contributed by atoms with Gasteiger partial charge in [-0.3, -0.25) is 0 Å². The summed E-state index contributed by atoms with van der Waals surface area (Å²) < 4.78 is 7.27. The van der Waals surface area contributed by atoms with E-state index in [1.807, 2.05) is 19.1 Å². The third kappa shape index (κ3) is 2.69. The molecule has 0 fully saturated rings. The van der Waals surface area contributed by atoms with Crippen molar-refractivity contribution in [1.29, 1.82) is 0 Å². The molecule has 4 heteroatoms. The minimum Gasteiger partial charge on any atom is -0.462 e. The number of esters is 1. The average Bonchev–Trinajstić information content (AvgIpc) is 2.76. The molecule has 2 rings (SSSR count). The van der Waals surface area contributed by atoms with E-state index >= 15 is 0 Å². The van der Waals surface area contributed by atoms with Gasteiger partial charge in [-0.1, -0.05) is 6.92 Å². The lowest BCUT2D eigenvalue weighted by atomic mass is 10.2. The SMILES string of the molecule is CCCc1nc2ccc(C(=O)OCC)cc2n1C(C)C. The van der Waals surface area contributed by atoms with Crippen LogP contribution in [0.25, 0.3) is 11.0 Å². The summed E-state index contributed by atoms with van der Waals surface area (Å²) in [6.45, 7) is 8.62. The maximum atomic E-state index is 11.9. The van der Waals surface area contributed by atoms with Gasteiger partial charge >= 0.3 is 5.97 Å². The molecule has 0 N–H and O–H groups in total. The van der Waals surface area contributed by atoms with Crippen LogP contribution in [-0.4, -0.2) is 22.1 Å². The summed E-state index contributed by atoms with van der Waals surface area (Å²) in [7, 11) is 0. The Kier molecular flexibility index (Phi) is 4.42. The van der Waals surface area contributed by atoms with Gasteiger partial charge in [0.1, 0.15) is 5.82 Å². The first-order valence-electron chi connectivity index (χ1n) is 7.26. The molecule has 0 aliphatic heterocycles. The highest BCUT2D eigenvalue weighted by atomic mass is 16.5. The van der Waals surface area contributed by atoms with E-state index in [4.69, 9.17) is 4.74 Å². The Bertz CT molecular complexity index is 614. The van der Waals surface area contributed by atoms with Crippen molar-refractivity contribution >= 4 is 17.0 Å². The van der Waals surface area contributed by atoms with Gasteiger partial charge in [0.15, 0.2) is 0 Å². The van der Waals surface area contributed by atoms with Crippen LogP contribution in [0.3, 0.4) is 0 Å². The molecule has 2 aromatic rings. The normalized spacial score (nSPS) is 11.2. The van der Waals surface area contributed by atoms with Crippen LogP contribution in [-0.2, 0) is 11.2 Å². The summed E-state index contributed by atoms with van der Waals surface area (Å²) in [4.78, 5) is 16.5. The maximum absolute atomic E-state index is 11.9. The predicted molar refractivity (Wildman–Crippen MR) is 80.1 cm³/mol. The van der Waals surface area contributed by atoms with Gasteiger partial charge < -0.3 is 9.30 Å². The number of imidazole rings is 1. The summed E-state index contributed by atoms with van der Waals surface area (Å²) in [5.41, 5.74) is 2.54. The van der Waals surface area contributed by atoms with Gasteiger partial charge in [-0.15, -0.1) is 0 Å². The number of benzene rings is 1. The topological polar surface area (TPSA) is 44.1 Å². The van der Waals surface area contributed by atoms with Crippen molar-refractivity contribution < 1.29 is 9.53 Å². The number of fused-ring (bicyclic) bond motifs is 1. The zero-order chi connectivity index (χ0) is 14.7. The summed E-state index contributed by atoms with van der Waals surface area (Å²) >= 11 is 0. The number of ether oxygens (including phenoxy) is 1. The van der Waals surface area contributed by atoms with Crippen molar-refractivity contribution in [3.63, 3.8) is 0 Å². The van der Waals surface area contributed by atoms with Crippen molar-refractivity contribution in [3.05, 3.63) is 29.6 Å². The number of carbonyl (C=O) groups excluding carboxylic acids is 1. The van der Waals surface area contributed by atoms with Crippen LogP contribution in [0.15, 0.2) is 18.2 Å². The van der Waals surface area contributed by atoms with Gasteiger partial charge in [0.2, 0.25) is 0 Å². The molecule has 0 radical (unpaired) electrons. The molecule has 0 amide bonds. The molecule has 20 heavy (non-hydrogen) atoms. The molecule has 0 saturated heterocycles. The molecule has 0 spiro atoms. The second kappa shape index (κ2) is 6.07. The molecular weight excluding hydrogens is 252 g/mol. The van der Waals surface area contributed by atoms with E-state index in [1.165, 1.54) is 0 Å². The molecule has 1 aromatic carbocycles. The quantitative estimate of drug-likeness (QED) is 0.780. The minimum atomic E-state index is -0.275. The third-order valence-electron chi connectivity index (χ3n) is 3.26. The maximum Gasteiger partial charge on any atom is 0.338 e. The highest BCUT2D eigenvalue weighted by Gasteiger charge is 2.15. The molecule has 0 saturated carbocycles. The van der Waals surface area contributed by atoms with Crippen LogP contribution in [0.1, 0.15) is 56.3 Å². The van der Waals surface area contributed by atoms with E-state index < -0.39 is 0 Å². The molecule has 0 aliphatic rings. The number of rotatable bonds is 5. The molecule has 0 aliphatic carbocycles. The second-order valence-electron chi connectivity index (χ2n) is 5.17. The summed E-state index contributed by atoms with van der Waals surface area (Å²) in [5, 5.41) is 0. The Hall–Kier alpha value is -1.84. The van der Waals surface area contributed by atoms with Crippen molar-refractivity contribution in [1.82, 2.24) is 9.55 Å². The van der Waals surface area contributed by atoms with Crippen LogP contribution in [0, 0.1) is 0 Å². The van der Waals surface area contributed by atoms with E-state index in [1.54, 1.807) is 6.07 Å². The Morgan fingerprint density at radius 1 is 1.35 bits per heavy atom. The summed E-state index contributed by atoms with van der Waals surface area (Å²) in [6.07, 6.45) is 2.00. The molecule has 0 atom stereocenters. The van der Waals surface area contributed by atoms with Gasteiger partial charge in [-0.05, 0) is 45.4 Å². The van der Waals surface area contributed by atoms with E-state index in [0.29, 0.717) is 18.2 Å². The largest absolute Gasteiger partial charge is 0.462 e. The zero-order valence-electron chi connectivity index (χ0n) is 12.6. The van der Waals surface area contributed by atoms with Gasteiger partial charge in [-0.25, -0.2) is 9.78 Å². The monoisotopic (exact) mass is 274 g/mol. The molecule has 108 valence electrons. The summed E-state index contributed by atoms with van der Waals surface area (Å²) in [6, 6.07) is 5.89. The fourth-order valence-corrected chi connectivity index (χ4v) is 2.46. The van der Waals surface area contributed by atoms with Crippen LogP contribution in [0.5, 0.6) is 0 Å². The number of hydrogen-bond acceptors (Lipinski definition) is 3. The number of carbonyl (C=O) groups is 1. The molecule has 1 heterocycles. The first kappa shape index (κ1) is 14.6. The van der Waals surface area contributed by atoms with Crippen LogP contribution >= 0.6 is 0 Å². The van der Waals surface area contributed by atoms with E-state index in [-0.39, 0.29) is 5.97 Å². The fourth-order valence-electron chi connectivity index (χ4n) is 2.46.